The molecule has 2 N–H and O–H groups in total. The zero-order valence-electron chi connectivity index (χ0n) is 10.2. The summed E-state index contributed by atoms with van der Waals surface area (Å²) in [5.41, 5.74) is 0.926. The Balaban J connectivity index is 2.02. The lowest BCUT2D eigenvalue weighted by Crippen LogP contribution is -2.23. The maximum absolute atomic E-state index is 11.7. The van der Waals surface area contributed by atoms with Gasteiger partial charge in [-0.1, -0.05) is 23.7 Å². The van der Waals surface area contributed by atoms with Crippen LogP contribution in [-0.4, -0.2) is 12.0 Å². The molecule has 0 bridgehead atoms. The number of carboxylic acids is 1. The van der Waals surface area contributed by atoms with Crippen molar-refractivity contribution in [2.24, 2.45) is 0 Å². The number of nitrogens with one attached hydrogen (secondary N) is 2. The monoisotopic (exact) mass is 289 g/mol. The molecule has 0 saturated carbocycles. The van der Waals surface area contributed by atoms with Crippen molar-refractivity contribution in [3.05, 3.63) is 59.1 Å². The summed E-state index contributed by atoms with van der Waals surface area (Å²) < 4.78 is 0. The third-order valence-electron chi connectivity index (χ3n) is 2.46. The van der Waals surface area contributed by atoms with E-state index in [4.69, 9.17) is 11.6 Å². The van der Waals surface area contributed by atoms with E-state index in [1.165, 1.54) is 18.2 Å². The lowest BCUT2D eigenvalue weighted by molar-refractivity contribution is -0.255. The van der Waals surface area contributed by atoms with Crippen molar-refractivity contribution >= 4 is 35.0 Å². The number of urea groups is 1. The highest BCUT2D eigenvalue weighted by Gasteiger charge is 2.03. The van der Waals surface area contributed by atoms with E-state index >= 15 is 0 Å². The molecule has 0 aliphatic rings. The SMILES string of the molecule is O=C(Nc1ccc(Cl)cc1)Nc1cccc(C(=O)[O-])c1. The maximum atomic E-state index is 11.7. The fraction of sp³-hybridized carbons (Fsp3) is 0. The van der Waals surface area contributed by atoms with Crippen molar-refractivity contribution in [3.8, 4) is 0 Å². The van der Waals surface area contributed by atoms with Gasteiger partial charge in [0.05, 0.1) is 5.97 Å². The molecule has 0 aliphatic carbocycles. The van der Waals surface area contributed by atoms with Crippen LogP contribution in [0.5, 0.6) is 0 Å². The average Bonchev–Trinajstić information content (AvgIpc) is 2.41. The summed E-state index contributed by atoms with van der Waals surface area (Å²) >= 11 is 5.74. The Kier molecular flexibility index (Phi) is 4.22. The molecule has 6 heteroatoms. The van der Waals surface area contributed by atoms with Crippen LogP contribution in [0.25, 0.3) is 0 Å². The summed E-state index contributed by atoms with van der Waals surface area (Å²) in [5.74, 6) is -1.30. The van der Waals surface area contributed by atoms with Gasteiger partial charge < -0.3 is 20.5 Å². The molecule has 2 amide bonds. The zero-order valence-corrected chi connectivity index (χ0v) is 11.0. The number of aromatic carboxylic acids is 1. The number of anilines is 2. The van der Waals surface area contributed by atoms with Gasteiger partial charge in [0.25, 0.3) is 0 Å². The third kappa shape index (κ3) is 3.73. The van der Waals surface area contributed by atoms with Crippen molar-refractivity contribution in [1.82, 2.24) is 0 Å². The van der Waals surface area contributed by atoms with Crippen molar-refractivity contribution < 1.29 is 14.7 Å². The van der Waals surface area contributed by atoms with Crippen molar-refractivity contribution in [1.29, 1.82) is 0 Å². The van der Waals surface area contributed by atoms with Crippen LogP contribution in [-0.2, 0) is 0 Å². The van der Waals surface area contributed by atoms with E-state index in [2.05, 4.69) is 10.6 Å². The number of carboxylic acid groups (broad SMARTS) is 1. The molecule has 0 saturated heterocycles. The molecule has 102 valence electrons. The van der Waals surface area contributed by atoms with Gasteiger partial charge in [-0.05, 0) is 42.0 Å². The molecule has 0 heterocycles. The normalized spacial score (nSPS) is 9.85. The minimum Gasteiger partial charge on any atom is -0.545 e. The lowest BCUT2D eigenvalue weighted by Gasteiger charge is -2.09. The highest BCUT2D eigenvalue weighted by Crippen LogP contribution is 2.14. The van der Waals surface area contributed by atoms with Crippen molar-refractivity contribution in [2.45, 2.75) is 0 Å². The van der Waals surface area contributed by atoms with E-state index in [9.17, 15) is 14.7 Å². The van der Waals surface area contributed by atoms with E-state index in [0.717, 1.165) is 0 Å². The summed E-state index contributed by atoms with van der Waals surface area (Å²) in [6.07, 6.45) is 0. The number of carbonyl (C=O) groups excluding carboxylic acids is 2. The Morgan fingerprint density at radius 3 is 2.25 bits per heavy atom. The highest BCUT2D eigenvalue weighted by atomic mass is 35.5. The molecule has 0 spiro atoms. The smallest absolute Gasteiger partial charge is 0.323 e. The van der Waals surface area contributed by atoms with Crippen molar-refractivity contribution in [3.63, 3.8) is 0 Å². The Bertz CT molecular complexity index is 641. The zero-order chi connectivity index (χ0) is 14.5. The highest BCUT2D eigenvalue weighted by molar-refractivity contribution is 6.30. The number of benzene rings is 2. The van der Waals surface area contributed by atoms with Gasteiger partial charge in [-0.15, -0.1) is 0 Å². The van der Waals surface area contributed by atoms with Crippen LogP contribution in [0.1, 0.15) is 10.4 Å². The summed E-state index contributed by atoms with van der Waals surface area (Å²) in [4.78, 5) is 22.4. The van der Waals surface area contributed by atoms with E-state index in [1.807, 2.05) is 0 Å². The topological polar surface area (TPSA) is 81.3 Å². The van der Waals surface area contributed by atoms with Gasteiger partial charge >= 0.3 is 6.03 Å². The molecule has 2 aromatic rings. The van der Waals surface area contributed by atoms with Gasteiger partial charge in [0.15, 0.2) is 0 Å². The minimum absolute atomic E-state index is 0.00528. The van der Waals surface area contributed by atoms with Crippen LogP contribution < -0.4 is 15.7 Å². The van der Waals surface area contributed by atoms with Crippen molar-refractivity contribution in [2.75, 3.05) is 10.6 Å². The molecule has 20 heavy (non-hydrogen) atoms. The Labute approximate surface area is 120 Å². The van der Waals surface area contributed by atoms with Gasteiger partial charge in [0.2, 0.25) is 0 Å². The maximum Gasteiger partial charge on any atom is 0.323 e. The molecule has 0 aromatic heterocycles. The van der Waals surface area contributed by atoms with Crippen LogP contribution in [0, 0.1) is 0 Å². The summed E-state index contributed by atoms with van der Waals surface area (Å²) in [7, 11) is 0. The number of halogens is 1. The number of hydrogen-bond donors (Lipinski definition) is 2. The predicted molar refractivity (Wildman–Crippen MR) is 74.9 cm³/mol. The second-order valence-corrected chi connectivity index (χ2v) is 4.39. The number of carbonyl (C=O) groups is 2. The molecule has 5 nitrogen and oxygen atoms in total. The fourth-order valence-electron chi connectivity index (χ4n) is 1.55. The van der Waals surface area contributed by atoms with Gasteiger partial charge in [0.1, 0.15) is 0 Å². The van der Waals surface area contributed by atoms with Gasteiger partial charge in [-0.2, -0.15) is 0 Å². The molecular formula is C14H10ClN2O3-. The van der Waals surface area contributed by atoms with Crippen LogP contribution in [0.15, 0.2) is 48.5 Å². The molecule has 0 radical (unpaired) electrons. The number of amides is 2. The first-order valence-electron chi connectivity index (χ1n) is 5.69. The third-order valence-corrected chi connectivity index (χ3v) is 2.71. The van der Waals surface area contributed by atoms with Crippen LogP contribution in [0.3, 0.4) is 0 Å². The second-order valence-electron chi connectivity index (χ2n) is 3.95. The molecule has 0 atom stereocenters. The minimum atomic E-state index is -1.30. The number of rotatable bonds is 3. The molecule has 0 unspecified atom stereocenters. The van der Waals surface area contributed by atoms with Gasteiger partial charge in [-0.25, -0.2) is 4.79 Å². The summed E-state index contributed by atoms with van der Waals surface area (Å²) in [5, 5.41) is 16.4. The Morgan fingerprint density at radius 2 is 1.60 bits per heavy atom. The Morgan fingerprint density at radius 1 is 0.950 bits per heavy atom. The van der Waals surface area contributed by atoms with Gasteiger partial charge in [0, 0.05) is 16.4 Å². The van der Waals surface area contributed by atoms with E-state index in [-0.39, 0.29) is 5.56 Å². The standard InChI is InChI=1S/C14H11ClN2O3/c15-10-4-6-11(7-5-10)16-14(20)17-12-3-1-2-9(8-12)13(18)19/h1-8H,(H,18,19)(H2,16,17,20)/p-1. The van der Waals surface area contributed by atoms with Crippen LogP contribution in [0.2, 0.25) is 5.02 Å². The first-order chi connectivity index (χ1) is 9.54. The van der Waals surface area contributed by atoms with Crippen LogP contribution in [0.4, 0.5) is 16.2 Å². The van der Waals surface area contributed by atoms with E-state index in [0.29, 0.717) is 16.4 Å². The van der Waals surface area contributed by atoms with Crippen LogP contribution >= 0.6 is 11.6 Å². The molecule has 0 aliphatic heterocycles. The molecule has 0 fully saturated rings. The second kappa shape index (κ2) is 6.08. The molecule has 2 rings (SSSR count). The average molecular weight is 290 g/mol. The molecule has 2 aromatic carbocycles. The van der Waals surface area contributed by atoms with E-state index in [1.54, 1.807) is 30.3 Å². The summed E-state index contributed by atoms with van der Waals surface area (Å²) in [6.45, 7) is 0. The summed E-state index contributed by atoms with van der Waals surface area (Å²) in [6, 6.07) is 11.9. The van der Waals surface area contributed by atoms with E-state index < -0.39 is 12.0 Å². The number of hydrogen-bond acceptors (Lipinski definition) is 3. The van der Waals surface area contributed by atoms with Gasteiger partial charge in [-0.3, -0.25) is 0 Å². The lowest BCUT2D eigenvalue weighted by atomic mass is 10.2. The first-order valence-corrected chi connectivity index (χ1v) is 6.07. The fourth-order valence-corrected chi connectivity index (χ4v) is 1.68. The largest absolute Gasteiger partial charge is 0.545 e. The predicted octanol–water partition coefficient (Wildman–Crippen LogP) is 2.35. The quantitative estimate of drug-likeness (QED) is 0.910. The molecular weight excluding hydrogens is 280 g/mol. The Hall–Kier alpha value is -2.53. The first kappa shape index (κ1) is 13.9.